The van der Waals surface area contributed by atoms with Gasteiger partial charge < -0.3 is 0 Å². The molecule has 1 saturated carbocycles. The molecule has 92 valence electrons. The van der Waals surface area contributed by atoms with Gasteiger partial charge in [0.15, 0.2) is 5.72 Å². The molecule has 1 aliphatic carbocycles. The predicted molar refractivity (Wildman–Crippen MR) is 68.1 cm³/mol. The van der Waals surface area contributed by atoms with Crippen LogP contribution in [0.4, 0.5) is 0 Å². The van der Waals surface area contributed by atoms with Crippen molar-refractivity contribution in [3.63, 3.8) is 0 Å². The van der Waals surface area contributed by atoms with Crippen molar-refractivity contribution in [1.82, 2.24) is 5.06 Å². The van der Waals surface area contributed by atoms with Crippen LogP contribution < -0.4 is 0 Å². The number of nitrogens with zero attached hydrogens (tertiary/aromatic N) is 1. The molecule has 1 saturated heterocycles. The summed E-state index contributed by atoms with van der Waals surface area (Å²) in [6, 6.07) is 11.0. The number of hydrogen-bond donors (Lipinski definition) is 0. The summed E-state index contributed by atoms with van der Waals surface area (Å²) in [5.41, 5.74) is 1.43. The molecule has 2 heteroatoms. The lowest BCUT2D eigenvalue weighted by atomic mass is 9.85. The zero-order chi connectivity index (χ0) is 11.9. The molecule has 1 aromatic carbocycles. The Labute approximate surface area is 104 Å². The van der Waals surface area contributed by atoms with Crippen LogP contribution in [-0.4, -0.2) is 10.8 Å². The van der Waals surface area contributed by atoms with Gasteiger partial charge in [0.2, 0.25) is 0 Å². The van der Waals surface area contributed by atoms with Gasteiger partial charge in [-0.05, 0) is 37.7 Å². The highest BCUT2D eigenvalue weighted by Gasteiger charge is 2.58. The quantitative estimate of drug-likeness (QED) is 0.717. The molecular formula is C15H21NO. The van der Waals surface area contributed by atoms with E-state index in [1.807, 2.05) is 0 Å². The largest absolute Gasteiger partial charge is 0.271 e. The van der Waals surface area contributed by atoms with E-state index in [9.17, 15) is 0 Å². The maximum absolute atomic E-state index is 5.97. The molecule has 4 atom stereocenters. The van der Waals surface area contributed by atoms with E-state index in [0.29, 0.717) is 6.04 Å². The topological polar surface area (TPSA) is 15.5 Å². The molecule has 0 aromatic heterocycles. The molecule has 1 heterocycles. The standard InChI is InChI=1S/C15H21NO/c1-12-7-6-10-15(11-12)16(17-15)13(2)14-8-4-3-5-9-14/h3-5,8-9,12-13H,6-7,10-11H2,1-2H3/t12-,13-,15+,16?/m1/s1. The molecule has 0 radical (unpaired) electrons. The Morgan fingerprint density at radius 3 is 2.82 bits per heavy atom. The van der Waals surface area contributed by atoms with Crippen LogP contribution in [0.15, 0.2) is 30.3 Å². The molecule has 17 heavy (non-hydrogen) atoms. The summed E-state index contributed by atoms with van der Waals surface area (Å²) in [5, 5.41) is 2.22. The van der Waals surface area contributed by atoms with E-state index < -0.39 is 0 Å². The molecular weight excluding hydrogens is 210 g/mol. The van der Waals surface area contributed by atoms with Gasteiger partial charge in [0.05, 0.1) is 6.04 Å². The van der Waals surface area contributed by atoms with E-state index in [-0.39, 0.29) is 5.72 Å². The highest BCUT2D eigenvalue weighted by atomic mass is 16.9. The zero-order valence-corrected chi connectivity index (χ0v) is 10.7. The minimum absolute atomic E-state index is 0.0763. The third-order valence-electron chi connectivity index (χ3n) is 4.20. The Morgan fingerprint density at radius 1 is 1.35 bits per heavy atom. The van der Waals surface area contributed by atoms with Gasteiger partial charge >= 0.3 is 0 Å². The molecule has 1 unspecified atom stereocenters. The lowest BCUT2D eigenvalue weighted by Crippen LogP contribution is -2.27. The van der Waals surface area contributed by atoms with Gasteiger partial charge in [0.25, 0.3) is 0 Å². The smallest absolute Gasteiger partial charge is 0.165 e. The van der Waals surface area contributed by atoms with Crippen LogP contribution in [-0.2, 0) is 4.84 Å². The highest BCUT2D eigenvalue weighted by Crippen LogP contribution is 2.52. The summed E-state index contributed by atoms with van der Waals surface area (Å²) in [4.78, 5) is 5.97. The van der Waals surface area contributed by atoms with Crippen molar-refractivity contribution < 1.29 is 4.84 Å². The van der Waals surface area contributed by atoms with Crippen molar-refractivity contribution in [2.24, 2.45) is 5.92 Å². The van der Waals surface area contributed by atoms with Crippen LogP contribution in [0.2, 0.25) is 0 Å². The average molecular weight is 231 g/mol. The fourth-order valence-corrected chi connectivity index (χ4v) is 3.22. The van der Waals surface area contributed by atoms with Gasteiger partial charge in [-0.15, -0.1) is 5.06 Å². The fraction of sp³-hybridized carbons (Fsp3) is 0.600. The summed E-state index contributed by atoms with van der Waals surface area (Å²) in [6.45, 7) is 4.58. The molecule has 1 aliphatic heterocycles. The summed E-state index contributed by atoms with van der Waals surface area (Å²) >= 11 is 0. The maximum atomic E-state index is 5.97. The minimum atomic E-state index is 0.0763. The van der Waals surface area contributed by atoms with Crippen LogP contribution in [0.1, 0.15) is 51.1 Å². The molecule has 0 N–H and O–H groups in total. The van der Waals surface area contributed by atoms with Gasteiger partial charge in [-0.2, -0.15) is 0 Å². The first-order valence-corrected chi connectivity index (χ1v) is 6.75. The van der Waals surface area contributed by atoms with Gasteiger partial charge in [0.1, 0.15) is 0 Å². The zero-order valence-electron chi connectivity index (χ0n) is 10.7. The van der Waals surface area contributed by atoms with Crippen molar-refractivity contribution >= 4 is 0 Å². The van der Waals surface area contributed by atoms with Crippen molar-refractivity contribution in [1.29, 1.82) is 0 Å². The summed E-state index contributed by atoms with van der Waals surface area (Å²) in [7, 11) is 0. The molecule has 1 spiro atoms. The van der Waals surface area contributed by atoms with Crippen molar-refractivity contribution in [3.8, 4) is 0 Å². The van der Waals surface area contributed by atoms with Gasteiger partial charge in [-0.25, -0.2) is 0 Å². The molecule has 2 aliphatic rings. The van der Waals surface area contributed by atoms with E-state index in [2.05, 4.69) is 49.2 Å². The molecule has 0 amide bonds. The number of benzene rings is 1. The predicted octanol–water partition coefficient (Wildman–Crippen LogP) is 3.90. The van der Waals surface area contributed by atoms with E-state index in [1.54, 1.807) is 0 Å². The summed E-state index contributed by atoms with van der Waals surface area (Å²) < 4.78 is 0. The van der Waals surface area contributed by atoms with E-state index in [4.69, 9.17) is 4.84 Å². The lowest BCUT2D eigenvalue weighted by molar-refractivity contribution is 0.149. The van der Waals surface area contributed by atoms with Crippen LogP contribution in [0.3, 0.4) is 0 Å². The first kappa shape index (κ1) is 11.2. The fourth-order valence-electron chi connectivity index (χ4n) is 3.22. The van der Waals surface area contributed by atoms with Gasteiger partial charge in [0, 0.05) is 0 Å². The average Bonchev–Trinajstić information content (AvgIpc) is 3.02. The van der Waals surface area contributed by atoms with Gasteiger partial charge in [-0.3, -0.25) is 4.84 Å². The first-order valence-electron chi connectivity index (χ1n) is 6.75. The second kappa shape index (κ2) is 4.11. The Hall–Kier alpha value is -0.860. The molecule has 3 rings (SSSR count). The second-order valence-corrected chi connectivity index (χ2v) is 5.65. The molecule has 2 fully saturated rings. The Balaban J connectivity index is 1.72. The SMILES string of the molecule is C[C@@H]1CCC[C@@]2(C1)ON2[C@H](C)c1ccccc1. The van der Waals surface area contributed by atoms with E-state index in [1.165, 1.54) is 31.2 Å². The Kier molecular flexibility index (Phi) is 2.72. The van der Waals surface area contributed by atoms with Crippen LogP contribution in [0.25, 0.3) is 0 Å². The number of hydrogen-bond acceptors (Lipinski definition) is 2. The second-order valence-electron chi connectivity index (χ2n) is 5.65. The van der Waals surface area contributed by atoms with E-state index >= 15 is 0 Å². The van der Waals surface area contributed by atoms with Crippen molar-refractivity contribution in [2.45, 2.75) is 51.3 Å². The number of rotatable bonds is 2. The van der Waals surface area contributed by atoms with Crippen LogP contribution in [0, 0.1) is 5.92 Å². The Morgan fingerprint density at radius 2 is 2.12 bits per heavy atom. The highest BCUT2D eigenvalue weighted by molar-refractivity contribution is 5.19. The lowest BCUT2D eigenvalue weighted by Gasteiger charge is -2.24. The monoisotopic (exact) mass is 231 g/mol. The first-order chi connectivity index (χ1) is 8.21. The molecule has 0 bridgehead atoms. The third-order valence-corrected chi connectivity index (χ3v) is 4.20. The normalized spacial score (nSPS) is 38.0. The molecule has 2 nitrogen and oxygen atoms in total. The number of hydroxylamine groups is 2. The minimum Gasteiger partial charge on any atom is -0.271 e. The van der Waals surface area contributed by atoms with Crippen molar-refractivity contribution in [2.75, 3.05) is 0 Å². The van der Waals surface area contributed by atoms with E-state index in [0.717, 1.165) is 5.92 Å². The summed E-state index contributed by atoms with van der Waals surface area (Å²) in [6.07, 6.45) is 5.07. The third kappa shape index (κ3) is 2.00. The van der Waals surface area contributed by atoms with Gasteiger partial charge in [-0.1, -0.05) is 43.7 Å². The van der Waals surface area contributed by atoms with Crippen LogP contribution in [0.5, 0.6) is 0 Å². The molecule has 1 aromatic rings. The summed E-state index contributed by atoms with van der Waals surface area (Å²) in [5.74, 6) is 0.803. The maximum Gasteiger partial charge on any atom is 0.165 e. The Bertz CT molecular complexity index is 391. The van der Waals surface area contributed by atoms with Crippen LogP contribution >= 0.6 is 0 Å². The van der Waals surface area contributed by atoms with Crippen molar-refractivity contribution in [3.05, 3.63) is 35.9 Å².